The molecule has 3 unspecified atom stereocenters. The molecule has 3 nitrogen and oxygen atoms in total. The molecule has 3 atom stereocenters. The van der Waals surface area contributed by atoms with Crippen LogP contribution in [0.2, 0.25) is 0 Å². The van der Waals surface area contributed by atoms with Crippen molar-refractivity contribution in [3.05, 3.63) is 0 Å². The Hall–Kier alpha value is -0.590. The quantitative estimate of drug-likeness (QED) is 0.673. The van der Waals surface area contributed by atoms with E-state index in [1.807, 2.05) is 0 Å². The summed E-state index contributed by atoms with van der Waals surface area (Å²) in [5, 5.41) is 8.54. The normalized spacial score (nSPS) is 32.4. The monoisotopic (exact) mass is 168 g/mol. The van der Waals surface area contributed by atoms with Crippen molar-refractivity contribution in [3.8, 4) is 6.07 Å². The minimum absolute atomic E-state index is 0.105. The van der Waals surface area contributed by atoms with Crippen LogP contribution in [-0.4, -0.2) is 18.2 Å². The van der Waals surface area contributed by atoms with E-state index in [9.17, 15) is 0 Å². The maximum absolute atomic E-state index is 8.54. The van der Waals surface area contributed by atoms with Crippen LogP contribution < -0.4 is 5.73 Å². The molecule has 0 aromatic heterocycles. The highest BCUT2D eigenvalue weighted by molar-refractivity contribution is 4.85. The molecule has 2 N–H and O–H groups in total. The van der Waals surface area contributed by atoms with Gasteiger partial charge in [-0.3, -0.25) is 0 Å². The molecule has 0 saturated heterocycles. The van der Waals surface area contributed by atoms with Gasteiger partial charge in [0.25, 0.3) is 0 Å². The fraction of sp³-hybridized carbons (Fsp3) is 0.889. The van der Waals surface area contributed by atoms with E-state index in [1.54, 1.807) is 6.92 Å². The van der Waals surface area contributed by atoms with Gasteiger partial charge in [0.15, 0.2) is 0 Å². The van der Waals surface area contributed by atoms with Gasteiger partial charge < -0.3 is 10.5 Å². The predicted molar refractivity (Wildman–Crippen MR) is 46.4 cm³/mol. The number of nitrogens with two attached hydrogens (primary N) is 1. The van der Waals surface area contributed by atoms with E-state index >= 15 is 0 Å². The number of nitriles is 1. The van der Waals surface area contributed by atoms with Gasteiger partial charge in [0, 0.05) is 6.04 Å². The fourth-order valence-corrected chi connectivity index (χ4v) is 1.59. The summed E-state index contributed by atoms with van der Waals surface area (Å²) in [6.07, 6.45) is 4.20. The minimum Gasteiger partial charge on any atom is -0.359 e. The molecule has 0 bridgehead atoms. The lowest BCUT2D eigenvalue weighted by molar-refractivity contribution is -0.00728. The van der Waals surface area contributed by atoms with Crippen LogP contribution in [0.15, 0.2) is 0 Å². The summed E-state index contributed by atoms with van der Waals surface area (Å²) in [7, 11) is 0. The van der Waals surface area contributed by atoms with Gasteiger partial charge in [-0.2, -0.15) is 5.26 Å². The molecule has 0 radical (unpaired) electrons. The second kappa shape index (κ2) is 4.44. The second-order valence-corrected chi connectivity index (χ2v) is 3.39. The molecule has 1 rings (SSSR count). The molecule has 1 fully saturated rings. The largest absolute Gasteiger partial charge is 0.359 e. The molecule has 1 saturated carbocycles. The van der Waals surface area contributed by atoms with Crippen LogP contribution in [0.1, 0.15) is 32.6 Å². The Morgan fingerprint density at radius 1 is 1.50 bits per heavy atom. The number of hydrogen-bond donors (Lipinski definition) is 1. The first kappa shape index (κ1) is 9.50. The maximum Gasteiger partial charge on any atom is 0.141 e. The third-order valence-electron chi connectivity index (χ3n) is 2.31. The van der Waals surface area contributed by atoms with E-state index in [2.05, 4.69) is 6.07 Å². The Kier molecular flexibility index (Phi) is 3.51. The van der Waals surface area contributed by atoms with Crippen molar-refractivity contribution in [1.82, 2.24) is 0 Å². The highest BCUT2D eigenvalue weighted by atomic mass is 16.5. The lowest BCUT2D eigenvalue weighted by Crippen LogP contribution is -2.40. The van der Waals surface area contributed by atoms with E-state index in [4.69, 9.17) is 15.7 Å². The van der Waals surface area contributed by atoms with Gasteiger partial charge >= 0.3 is 0 Å². The van der Waals surface area contributed by atoms with Gasteiger partial charge in [-0.15, -0.1) is 0 Å². The summed E-state index contributed by atoms with van der Waals surface area (Å²) in [5.74, 6) is 0. The molecule has 0 aliphatic heterocycles. The number of nitrogens with zero attached hydrogens (tertiary/aromatic N) is 1. The lowest BCUT2D eigenvalue weighted by atomic mass is 9.93. The first-order valence-corrected chi connectivity index (χ1v) is 4.54. The summed E-state index contributed by atoms with van der Waals surface area (Å²) in [6.45, 7) is 1.77. The van der Waals surface area contributed by atoms with E-state index < -0.39 is 0 Å². The predicted octanol–water partition coefficient (Wildman–Crippen LogP) is 1.18. The summed E-state index contributed by atoms with van der Waals surface area (Å²) < 4.78 is 5.47. The molecule has 0 spiro atoms. The Morgan fingerprint density at radius 3 is 2.75 bits per heavy atom. The number of hydrogen-bond acceptors (Lipinski definition) is 3. The van der Waals surface area contributed by atoms with Crippen molar-refractivity contribution in [2.45, 2.75) is 50.9 Å². The molecule has 0 heterocycles. The average Bonchev–Trinajstić information content (AvgIpc) is 2.09. The van der Waals surface area contributed by atoms with E-state index in [-0.39, 0.29) is 18.2 Å². The zero-order chi connectivity index (χ0) is 8.97. The number of rotatable bonds is 2. The average molecular weight is 168 g/mol. The van der Waals surface area contributed by atoms with Crippen LogP contribution >= 0.6 is 0 Å². The Bertz CT molecular complexity index is 176. The first-order chi connectivity index (χ1) is 5.74. The molecule has 3 heteroatoms. The Balaban J connectivity index is 2.35. The second-order valence-electron chi connectivity index (χ2n) is 3.39. The smallest absolute Gasteiger partial charge is 0.141 e. The van der Waals surface area contributed by atoms with Crippen LogP contribution in [0.5, 0.6) is 0 Å². The molecule has 0 amide bonds. The van der Waals surface area contributed by atoms with Gasteiger partial charge in [0.05, 0.1) is 12.2 Å². The molecule has 0 aromatic carbocycles. The summed E-state index contributed by atoms with van der Waals surface area (Å²) in [5.41, 5.74) is 5.85. The molecule has 68 valence electrons. The van der Waals surface area contributed by atoms with E-state index in [1.165, 1.54) is 12.8 Å². The molecular formula is C9H16N2O. The van der Waals surface area contributed by atoms with Crippen molar-refractivity contribution < 1.29 is 4.74 Å². The van der Waals surface area contributed by atoms with E-state index in [0.29, 0.717) is 0 Å². The van der Waals surface area contributed by atoms with Crippen molar-refractivity contribution in [3.63, 3.8) is 0 Å². The summed E-state index contributed by atoms with van der Waals surface area (Å²) in [4.78, 5) is 0. The molecular weight excluding hydrogens is 152 g/mol. The van der Waals surface area contributed by atoms with Crippen molar-refractivity contribution in [2.75, 3.05) is 0 Å². The number of ether oxygens (including phenoxy) is 1. The molecule has 1 aliphatic rings. The molecule has 12 heavy (non-hydrogen) atoms. The van der Waals surface area contributed by atoms with Crippen molar-refractivity contribution in [2.24, 2.45) is 5.73 Å². The third-order valence-corrected chi connectivity index (χ3v) is 2.31. The fourth-order valence-electron chi connectivity index (χ4n) is 1.59. The van der Waals surface area contributed by atoms with Crippen LogP contribution in [-0.2, 0) is 4.74 Å². The zero-order valence-electron chi connectivity index (χ0n) is 7.49. The highest BCUT2D eigenvalue weighted by Crippen LogP contribution is 2.20. The minimum atomic E-state index is -0.320. The summed E-state index contributed by atoms with van der Waals surface area (Å²) in [6, 6.07) is 2.19. The van der Waals surface area contributed by atoms with Crippen LogP contribution in [0.3, 0.4) is 0 Å². The SMILES string of the molecule is CC(C#N)OC1CCCCC1N. The Morgan fingerprint density at radius 2 is 2.17 bits per heavy atom. The van der Waals surface area contributed by atoms with Gasteiger partial charge in [-0.25, -0.2) is 0 Å². The topological polar surface area (TPSA) is 59.0 Å². The van der Waals surface area contributed by atoms with Crippen LogP contribution in [0, 0.1) is 11.3 Å². The summed E-state index contributed by atoms with van der Waals surface area (Å²) >= 11 is 0. The zero-order valence-corrected chi connectivity index (χ0v) is 7.49. The first-order valence-electron chi connectivity index (χ1n) is 4.54. The standard InChI is InChI=1S/C9H16N2O/c1-7(6-10)12-9-5-3-2-4-8(9)11/h7-9H,2-5,11H2,1H3. The van der Waals surface area contributed by atoms with Crippen molar-refractivity contribution in [1.29, 1.82) is 5.26 Å². The Labute approximate surface area is 73.5 Å². The third kappa shape index (κ3) is 2.47. The van der Waals surface area contributed by atoms with Gasteiger partial charge in [0.1, 0.15) is 6.10 Å². The van der Waals surface area contributed by atoms with E-state index in [0.717, 1.165) is 12.8 Å². The van der Waals surface area contributed by atoms with Crippen LogP contribution in [0.4, 0.5) is 0 Å². The lowest BCUT2D eigenvalue weighted by Gasteiger charge is -2.29. The maximum atomic E-state index is 8.54. The van der Waals surface area contributed by atoms with Gasteiger partial charge in [-0.05, 0) is 19.8 Å². The van der Waals surface area contributed by atoms with Gasteiger partial charge in [-0.1, -0.05) is 12.8 Å². The highest BCUT2D eigenvalue weighted by Gasteiger charge is 2.23. The van der Waals surface area contributed by atoms with Gasteiger partial charge in [0.2, 0.25) is 0 Å². The van der Waals surface area contributed by atoms with Crippen LogP contribution in [0.25, 0.3) is 0 Å². The molecule has 1 aliphatic carbocycles. The molecule has 0 aromatic rings. The van der Waals surface area contributed by atoms with Crippen molar-refractivity contribution >= 4 is 0 Å².